The molecule has 0 aromatic heterocycles. The minimum Gasteiger partial charge on any atom is -0.308 e. The van der Waals surface area contributed by atoms with Gasteiger partial charge in [-0.2, -0.15) is 0 Å². The van der Waals surface area contributed by atoms with E-state index in [1.54, 1.807) is 0 Å². The highest BCUT2D eigenvalue weighted by Crippen LogP contribution is 2.34. The van der Waals surface area contributed by atoms with Gasteiger partial charge in [0.05, 0.1) is 0 Å². The molecule has 2 heteroatoms. The number of rotatable bonds is 5. The molecular weight excluding hydrogens is 220 g/mol. The van der Waals surface area contributed by atoms with E-state index in [0.29, 0.717) is 5.54 Å². The van der Waals surface area contributed by atoms with Gasteiger partial charge in [-0.1, -0.05) is 40.0 Å². The third kappa shape index (κ3) is 3.27. The van der Waals surface area contributed by atoms with Gasteiger partial charge in [-0.25, -0.2) is 0 Å². The number of hydrogen-bond donors (Lipinski definition) is 1. The fraction of sp³-hybridized carbons (Fsp3) is 1.00. The van der Waals surface area contributed by atoms with E-state index in [1.807, 2.05) is 0 Å². The van der Waals surface area contributed by atoms with Crippen LogP contribution in [0.1, 0.15) is 65.7 Å². The lowest BCUT2D eigenvalue weighted by atomic mass is 9.90. The summed E-state index contributed by atoms with van der Waals surface area (Å²) in [4.78, 5) is 2.81. The Morgan fingerprint density at radius 3 is 2.61 bits per heavy atom. The molecule has 18 heavy (non-hydrogen) atoms. The van der Waals surface area contributed by atoms with Gasteiger partial charge in [0.15, 0.2) is 0 Å². The molecule has 1 heterocycles. The van der Waals surface area contributed by atoms with Gasteiger partial charge in [0.25, 0.3) is 0 Å². The number of hydrogen-bond acceptors (Lipinski definition) is 2. The lowest BCUT2D eigenvalue weighted by molar-refractivity contribution is 0.0650. The average Bonchev–Trinajstić information content (AvgIpc) is 2.78. The molecule has 2 aliphatic rings. The molecule has 0 bridgehead atoms. The summed E-state index contributed by atoms with van der Waals surface area (Å²) in [5, 5.41) is 3.89. The van der Waals surface area contributed by atoms with Crippen molar-refractivity contribution in [3.05, 3.63) is 0 Å². The molecule has 0 radical (unpaired) electrons. The molecule has 1 aliphatic carbocycles. The Hall–Kier alpha value is -0.0800. The van der Waals surface area contributed by atoms with Crippen molar-refractivity contribution in [2.75, 3.05) is 19.6 Å². The highest BCUT2D eigenvalue weighted by molar-refractivity contribution is 5.00. The van der Waals surface area contributed by atoms with Crippen molar-refractivity contribution in [3.63, 3.8) is 0 Å². The predicted octanol–water partition coefficient (Wildman–Crippen LogP) is 3.42. The van der Waals surface area contributed by atoms with Crippen LogP contribution < -0.4 is 5.32 Å². The van der Waals surface area contributed by atoms with Crippen LogP contribution in [0.3, 0.4) is 0 Å². The van der Waals surface area contributed by atoms with Gasteiger partial charge in [0, 0.05) is 31.2 Å². The fourth-order valence-electron chi connectivity index (χ4n) is 4.02. The Bertz CT molecular complexity index is 245. The van der Waals surface area contributed by atoms with Gasteiger partial charge < -0.3 is 5.32 Å². The van der Waals surface area contributed by atoms with Crippen LogP contribution >= 0.6 is 0 Å². The minimum absolute atomic E-state index is 0.484. The summed E-state index contributed by atoms with van der Waals surface area (Å²) in [5.74, 6) is 0.862. The van der Waals surface area contributed by atoms with E-state index < -0.39 is 0 Å². The molecule has 2 rings (SSSR count). The van der Waals surface area contributed by atoms with Crippen LogP contribution in [0.25, 0.3) is 0 Å². The topological polar surface area (TPSA) is 15.3 Å². The van der Waals surface area contributed by atoms with E-state index in [0.717, 1.165) is 12.0 Å². The van der Waals surface area contributed by atoms with Crippen molar-refractivity contribution in [2.45, 2.75) is 77.3 Å². The third-order valence-corrected chi connectivity index (χ3v) is 5.09. The molecule has 1 N–H and O–H groups in total. The summed E-state index contributed by atoms with van der Waals surface area (Å²) >= 11 is 0. The first-order valence-electron chi connectivity index (χ1n) is 8.18. The van der Waals surface area contributed by atoms with Crippen LogP contribution in [0, 0.1) is 5.92 Å². The van der Waals surface area contributed by atoms with Gasteiger partial charge >= 0.3 is 0 Å². The fourth-order valence-corrected chi connectivity index (χ4v) is 4.02. The van der Waals surface area contributed by atoms with Gasteiger partial charge in [0.1, 0.15) is 0 Å². The number of piperazine rings is 1. The Kier molecular flexibility index (Phi) is 5.08. The van der Waals surface area contributed by atoms with Crippen LogP contribution in [0.2, 0.25) is 0 Å². The molecular formula is C16H32N2. The summed E-state index contributed by atoms with van der Waals surface area (Å²) in [6.07, 6.45) is 9.68. The lowest BCUT2D eigenvalue weighted by Crippen LogP contribution is -2.63. The second-order valence-corrected chi connectivity index (χ2v) is 6.75. The monoisotopic (exact) mass is 252 g/mol. The highest BCUT2D eigenvalue weighted by Gasteiger charge is 2.40. The summed E-state index contributed by atoms with van der Waals surface area (Å²) in [6.45, 7) is 10.9. The average molecular weight is 252 g/mol. The van der Waals surface area contributed by atoms with Gasteiger partial charge in [-0.15, -0.1) is 0 Å². The molecule has 0 aromatic rings. The van der Waals surface area contributed by atoms with Crippen molar-refractivity contribution in [1.29, 1.82) is 0 Å². The lowest BCUT2D eigenvalue weighted by Gasteiger charge is -2.47. The smallest absolute Gasteiger partial charge is 0.0309 e. The van der Waals surface area contributed by atoms with Crippen molar-refractivity contribution >= 4 is 0 Å². The van der Waals surface area contributed by atoms with Gasteiger partial charge in [0.2, 0.25) is 0 Å². The maximum absolute atomic E-state index is 3.89. The van der Waals surface area contributed by atoms with E-state index in [2.05, 4.69) is 31.0 Å². The van der Waals surface area contributed by atoms with Crippen LogP contribution in [-0.2, 0) is 0 Å². The zero-order chi connectivity index (χ0) is 13.0. The van der Waals surface area contributed by atoms with E-state index in [4.69, 9.17) is 0 Å². The van der Waals surface area contributed by atoms with Crippen LogP contribution in [-0.4, -0.2) is 36.1 Å². The Balaban J connectivity index is 1.94. The number of nitrogens with one attached hydrogen (secondary N) is 1. The summed E-state index contributed by atoms with van der Waals surface area (Å²) < 4.78 is 0. The molecule has 2 nitrogen and oxygen atoms in total. The first-order valence-corrected chi connectivity index (χ1v) is 8.18. The molecule has 2 unspecified atom stereocenters. The van der Waals surface area contributed by atoms with E-state index >= 15 is 0 Å². The SMILES string of the molecule is CCCC(C)CN1CC2(CCCC2)NCC1CC. The Morgan fingerprint density at radius 2 is 2.00 bits per heavy atom. The highest BCUT2D eigenvalue weighted by atomic mass is 15.3. The quantitative estimate of drug-likeness (QED) is 0.806. The maximum Gasteiger partial charge on any atom is 0.0309 e. The third-order valence-electron chi connectivity index (χ3n) is 5.09. The molecule has 1 aliphatic heterocycles. The van der Waals surface area contributed by atoms with Gasteiger partial charge in [-0.3, -0.25) is 4.90 Å². The second kappa shape index (κ2) is 6.38. The van der Waals surface area contributed by atoms with Crippen LogP contribution in [0.4, 0.5) is 0 Å². The van der Waals surface area contributed by atoms with E-state index in [-0.39, 0.29) is 0 Å². The summed E-state index contributed by atoms with van der Waals surface area (Å²) in [7, 11) is 0. The molecule has 106 valence electrons. The number of nitrogens with zero attached hydrogens (tertiary/aromatic N) is 1. The first kappa shape index (κ1) is 14.3. The van der Waals surface area contributed by atoms with E-state index in [9.17, 15) is 0 Å². The minimum atomic E-state index is 0.484. The standard InChI is InChI=1S/C16H32N2/c1-4-8-14(3)12-18-13-16(9-6-7-10-16)17-11-15(18)5-2/h14-15,17H,4-13H2,1-3H3. The van der Waals surface area contributed by atoms with Crippen molar-refractivity contribution in [1.82, 2.24) is 10.2 Å². The summed E-state index contributed by atoms with van der Waals surface area (Å²) in [6, 6.07) is 0.774. The first-order chi connectivity index (χ1) is 8.69. The molecule has 1 spiro atoms. The molecule has 2 atom stereocenters. The maximum atomic E-state index is 3.89. The summed E-state index contributed by atoms with van der Waals surface area (Å²) in [5.41, 5.74) is 0.484. The predicted molar refractivity (Wildman–Crippen MR) is 78.9 cm³/mol. The Morgan fingerprint density at radius 1 is 1.28 bits per heavy atom. The molecule has 1 saturated carbocycles. The molecule has 2 fully saturated rings. The second-order valence-electron chi connectivity index (χ2n) is 6.75. The van der Waals surface area contributed by atoms with Crippen molar-refractivity contribution < 1.29 is 0 Å². The zero-order valence-electron chi connectivity index (χ0n) is 12.7. The molecule has 1 saturated heterocycles. The largest absolute Gasteiger partial charge is 0.308 e. The molecule has 0 amide bonds. The van der Waals surface area contributed by atoms with Gasteiger partial charge in [-0.05, 0) is 31.6 Å². The van der Waals surface area contributed by atoms with E-state index in [1.165, 1.54) is 64.6 Å². The molecule has 0 aromatic carbocycles. The van der Waals surface area contributed by atoms with Crippen molar-refractivity contribution in [3.8, 4) is 0 Å². The Labute approximate surface area is 114 Å². The van der Waals surface area contributed by atoms with Crippen LogP contribution in [0.15, 0.2) is 0 Å². The normalized spacial score (nSPS) is 29.8. The van der Waals surface area contributed by atoms with Crippen LogP contribution in [0.5, 0.6) is 0 Å². The van der Waals surface area contributed by atoms with Crippen molar-refractivity contribution in [2.24, 2.45) is 5.92 Å². The zero-order valence-corrected chi connectivity index (χ0v) is 12.7.